The molecule has 1 aromatic carbocycles. The average Bonchev–Trinajstić information content (AvgIpc) is 2.98. The Kier molecular flexibility index (Phi) is 7.08. The second-order valence-corrected chi connectivity index (χ2v) is 6.91. The number of amides is 3. The first-order valence-corrected chi connectivity index (χ1v) is 8.90. The Morgan fingerprint density at radius 3 is 2.54 bits per heavy atom. The zero-order valence-electron chi connectivity index (χ0n) is 13.4. The van der Waals surface area contributed by atoms with Crippen LogP contribution in [0.15, 0.2) is 42.5 Å². The molecule has 0 atom stereocenters. The molecule has 0 aliphatic rings. The van der Waals surface area contributed by atoms with E-state index in [4.69, 9.17) is 11.6 Å². The number of hydrogen-bond donors (Lipinski definition) is 2. The largest absolute Gasteiger partial charge is 0.338 e. The minimum atomic E-state index is -0.318. The Bertz CT molecular complexity index is 675. The SMILES string of the molecule is CCN(Cc1ccc(Cl)s1)C(=O)CCNC(=O)Nc1ccccc1. The number of nitrogens with one attached hydrogen (secondary N) is 2. The third-order valence-electron chi connectivity index (χ3n) is 3.37. The minimum Gasteiger partial charge on any atom is -0.338 e. The van der Waals surface area contributed by atoms with E-state index in [0.29, 0.717) is 29.7 Å². The molecule has 2 rings (SSSR count). The molecule has 0 aliphatic carbocycles. The first-order chi connectivity index (χ1) is 11.6. The maximum absolute atomic E-state index is 12.3. The lowest BCUT2D eigenvalue weighted by Crippen LogP contribution is -2.35. The van der Waals surface area contributed by atoms with Gasteiger partial charge in [0.25, 0.3) is 0 Å². The highest BCUT2D eigenvalue weighted by Crippen LogP contribution is 2.22. The number of carbonyl (C=O) groups excluding carboxylic acids is 2. The molecule has 0 aliphatic heterocycles. The minimum absolute atomic E-state index is 0.00188. The smallest absolute Gasteiger partial charge is 0.319 e. The van der Waals surface area contributed by atoms with E-state index in [1.54, 1.807) is 17.0 Å². The summed E-state index contributed by atoms with van der Waals surface area (Å²) in [4.78, 5) is 26.8. The maximum Gasteiger partial charge on any atom is 0.319 e. The number of benzene rings is 1. The van der Waals surface area contributed by atoms with E-state index in [1.165, 1.54) is 11.3 Å². The van der Waals surface area contributed by atoms with Crippen molar-refractivity contribution < 1.29 is 9.59 Å². The number of carbonyl (C=O) groups is 2. The predicted octanol–water partition coefficient (Wildman–Crippen LogP) is 3.96. The molecule has 128 valence electrons. The van der Waals surface area contributed by atoms with Gasteiger partial charge in [0, 0.05) is 30.1 Å². The topological polar surface area (TPSA) is 61.4 Å². The van der Waals surface area contributed by atoms with Crippen molar-refractivity contribution in [2.24, 2.45) is 0 Å². The van der Waals surface area contributed by atoms with Gasteiger partial charge in [-0.2, -0.15) is 0 Å². The molecule has 2 aromatic rings. The van der Waals surface area contributed by atoms with E-state index >= 15 is 0 Å². The molecule has 1 aromatic heterocycles. The van der Waals surface area contributed by atoms with Crippen molar-refractivity contribution >= 4 is 40.6 Å². The molecule has 5 nitrogen and oxygen atoms in total. The van der Waals surface area contributed by atoms with Crippen molar-refractivity contribution in [2.45, 2.75) is 19.9 Å². The third kappa shape index (κ3) is 5.86. The van der Waals surface area contributed by atoms with Crippen LogP contribution in [-0.2, 0) is 11.3 Å². The predicted molar refractivity (Wildman–Crippen MR) is 98.5 cm³/mol. The lowest BCUT2D eigenvalue weighted by molar-refractivity contribution is -0.131. The van der Waals surface area contributed by atoms with Crippen molar-refractivity contribution in [1.82, 2.24) is 10.2 Å². The van der Waals surface area contributed by atoms with E-state index in [2.05, 4.69) is 10.6 Å². The molecule has 0 unspecified atom stereocenters. The summed E-state index contributed by atoms with van der Waals surface area (Å²) >= 11 is 7.38. The van der Waals surface area contributed by atoms with Gasteiger partial charge in [0.1, 0.15) is 0 Å². The molecule has 3 amide bonds. The summed E-state index contributed by atoms with van der Waals surface area (Å²) in [6, 6.07) is 12.6. The van der Waals surface area contributed by atoms with Crippen molar-refractivity contribution in [3.63, 3.8) is 0 Å². The summed E-state index contributed by atoms with van der Waals surface area (Å²) in [6.07, 6.45) is 0.259. The fraction of sp³-hybridized carbons (Fsp3) is 0.294. The van der Waals surface area contributed by atoms with Crippen LogP contribution < -0.4 is 10.6 Å². The fourth-order valence-electron chi connectivity index (χ4n) is 2.14. The fourth-order valence-corrected chi connectivity index (χ4v) is 3.24. The molecule has 0 fully saturated rings. The standard InChI is InChI=1S/C17H20ClN3O2S/c1-2-21(12-14-8-9-15(18)24-14)16(22)10-11-19-17(23)20-13-6-4-3-5-7-13/h3-9H,2,10-12H2,1H3,(H2,19,20,23). The highest BCUT2D eigenvalue weighted by Gasteiger charge is 2.13. The molecule has 7 heteroatoms. The van der Waals surface area contributed by atoms with Crippen molar-refractivity contribution in [2.75, 3.05) is 18.4 Å². The van der Waals surface area contributed by atoms with Gasteiger partial charge in [-0.25, -0.2) is 4.79 Å². The lowest BCUT2D eigenvalue weighted by atomic mass is 10.3. The number of rotatable bonds is 7. The van der Waals surface area contributed by atoms with Gasteiger partial charge in [-0.05, 0) is 31.2 Å². The molecular weight excluding hydrogens is 346 g/mol. The Balaban J connectivity index is 1.73. The number of halogens is 1. The van der Waals surface area contributed by atoms with E-state index < -0.39 is 0 Å². The van der Waals surface area contributed by atoms with Crippen LogP contribution in [0.25, 0.3) is 0 Å². The van der Waals surface area contributed by atoms with Gasteiger partial charge < -0.3 is 15.5 Å². The second-order valence-electron chi connectivity index (χ2n) is 5.11. The number of hydrogen-bond acceptors (Lipinski definition) is 3. The number of urea groups is 1. The van der Waals surface area contributed by atoms with E-state index in [-0.39, 0.29) is 18.4 Å². The summed E-state index contributed by atoms with van der Waals surface area (Å²) < 4.78 is 0.716. The van der Waals surface area contributed by atoms with Gasteiger partial charge in [0.05, 0.1) is 10.9 Å². The summed E-state index contributed by atoms with van der Waals surface area (Å²) in [7, 11) is 0. The molecule has 0 saturated carbocycles. The molecule has 0 spiro atoms. The maximum atomic E-state index is 12.3. The van der Waals surface area contributed by atoms with Gasteiger partial charge in [0.2, 0.25) is 5.91 Å². The van der Waals surface area contributed by atoms with Crippen LogP contribution >= 0.6 is 22.9 Å². The number of anilines is 1. The molecule has 1 heterocycles. The van der Waals surface area contributed by atoms with Crippen LogP contribution in [0.4, 0.5) is 10.5 Å². The lowest BCUT2D eigenvalue weighted by Gasteiger charge is -2.20. The van der Waals surface area contributed by atoms with E-state index in [0.717, 1.165) is 4.88 Å². The Morgan fingerprint density at radius 1 is 1.17 bits per heavy atom. The van der Waals surface area contributed by atoms with Crippen LogP contribution in [-0.4, -0.2) is 29.9 Å². The summed E-state index contributed by atoms with van der Waals surface area (Å²) in [5.41, 5.74) is 0.714. The first-order valence-electron chi connectivity index (χ1n) is 7.70. The van der Waals surface area contributed by atoms with Crippen molar-refractivity contribution in [3.05, 3.63) is 51.7 Å². The molecule has 24 heavy (non-hydrogen) atoms. The van der Waals surface area contributed by atoms with Crippen LogP contribution in [0.3, 0.4) is 0 Å². The van der Waals surface area contributed by atoms with E-state index in [9.17, 15) is 9.59 Å². The quantitative estimate of drug-likeness (QED) is 0.780. The Labute approximate surface area is 150 Å². The van der Waals surface area contributed by atoms with Crippen LogP contribution in [0.5, 0.6) is 0 Å². The van der Waals surface area contributed by atoms with E-state index in [1.807, 2.05) is 37.3 Å². The third-order valence-corrected chi connectivity index (χ3v) is 4.58. The van der Waals surface area contributed by atoms with Gasteiger partial charge in [-0.1, -0.05) is 29.8 Å². The normalized spacial score (nSPS) is 10.2. The highest BCUT2D eigenvalue weighted by atomic mass is 35.5. The highest BCUT2D eigenvalue weighted by molar-refractivity contribution is 7.16. The van der Waals surface area contributed by atoms with Crippen molar-refractivity contribution in [3.8, 4) is 0 Å². The number of para-hydroxylation sites is 1. The summed E-state index contributed by atoms with van der Waals surface area (Å²) in [6.45, 7) is 3.38. The zero-order valence-corrected chi connectivity index (χ0v) is 15.0. The van der Waals surface area contributed by atoms with Gasteiger partial charge in [-0.3, -0.25) is 4.79 Å². The molecular formula is C17H20ClN3O2S. The van der Waals surface area contributed by atoms with Gasteiger partial charge in [-0.15, -0.1) is 11.3 Å². The molecule has 0 saturated heterocycles. The first kappa shape index (κ1) is 18.3. The van der Waals surface area contributed by atoms with Gasteiger partial charge in [0.15, 0.2) is 0 Å². The Morgan fingerprint density at radius 2 is 1.92 bits per heavy atom. The molecule has 0 radical (unpaired) electrons. The molecule has 2 N–H and O–H groups in total. The summed E-state index contributed by atoms with van der Waals surface area (Å²) in [5, 5.41) is 5.41. The second kappa shape index (κ2) is 9.30. The summed E-state index contributed by atoms with van der Waals surface area (Å²) in [5.74, 6) is 0.00188. The van der Waals surface area contributed by atoms with Crippen LogP contribution in [0.1, 0.15) is 18.2 Å². The van der Waals surface area contributed by atoms with Crippen LogP contribution in [0.2, 0.25) is 4.34 Å². The van der Waals surface area contributed by atoms with Crippen LogP contribution in [0, 0.1) is 0 Å². The van der Waals surface area contributed by atoms with Crippen molar-refractivity contribution in [1.29, 1.82) is 0 Å². The van der Waals surface area contributed by atoms with Gasteiger partial charge >= 0.3 is 6.03 Å². The number of thiophene rings is 1. The Hall–Kier alpha value is -2.05. The zero-order chi connectivity index (χ0) is 17.4. The monoisotopic (exact) mass is 365 g/mol. The average molecular weight is 366 g/mol. The number of nitrogens with zero attached hydrogens (tertiary/aromatic N) is 1. The molecule has 0 bridgehead atoms.